The van der Waals surface area contributed by atoms with E-state index in [0.29, 0.717) is 11.3 Å². The maximum absolute atomic E-state index is 12.7. The lowest BCUT2D eigenvalue weighted by molar-refractivity contribution is -0.137. The van der Waals surface area contributed by atoms with Gasteiger partial charge in [0.05, 0.1) is 24.3 Å². The number of ether oxygens (including phenoxy) is 2. The molecule has 2 N–H and O–H groups in total. The van der Waals surface area contributed by atoms with E-state index in [0.717, 1.165) is 23.5 Å². The third-order valence-corrected chi connectivity index (χ3v) is 5.18. The number of alkyl halides is 3. The molecule has 0 unspecified atom stereocenters. The van der Waals surface area contributed by atoms with Crippen molar-refractivity contribution in [1.82, 2.24) is 0 Å². The third-order valence-electron chi connectivity index (χ3n) is 3.78. The zero-order chi connectivity index (χ0) is 22.5. The quantitative estimate of drug-likeness (QED) is 0.451. The van der Waals surface area contributed by atoms with Crippen LogP contribution < -0.4 is 10.6 Å². The predicted octanol–water partition coefficient (Wildman–Crippen LogP) is 5.24. The Bertz CT molecular complexity index is 940. The van der Waals surface area contributed by atoms with E-state index in [2.05, 4.69) is 10.6 Å². The lowest BCUT2D eigenvalue weighted by atomic mass is 10.1. The van der Waals surface area contributed by atoms with Gasteiger partial charge in [-0.05, 0) is 62.8 Å². The lowest BCUT2D eigenvalue weighted by Crippen LogP contribution is -2.20. The molecule has 0 fully saturated rings. The monoisotopic (exact) mass is 460 g/mol. The molecule has 1 aromatic heterocycles. The highest BCUT2D eigenvalue weighted by Gasteiger charge is 2.30. The van der Waals surface area contributed by atoms with Crippen LogP contribution in [0.3, 0.4) is 0 Å². The first kappa shape index (κ1) is 23.6. The number of carbonyl (C=O) groups is 2. The highest BCUT2D eigenvalue weighted by Crippen LogP contribution is 2.35. The SMILES string of the molecule is CCOC(=O)c1sc(NC(=S)Nc2ccc(C(F)(F)F)cc2)c(C(=O)OCC)c1C. The number of anilines is 2. The molecule has 0 saturated carbocycles. The van der Waals surface area contributed by atoms with Gasteiger partial charge in [0.2, 0.25) is 0 Å². The van der Waals surface area contributed by atoms with Crippen molar-refractivity contribution in [3.05, 3.63) is 45.8 Å². The molecule has 1 heterocycles. The van der Waals surface area contributed by atoms with E-state index in [1.807, 2.05) is 0 Å². The van der Waals surface area contributed by atoms with Crippen LogP contribution >= 0.6 is 23.6 Å². The summed E-state index contributed by atoms with van der Waals surface area (Å²) in [6.07, 6.45) is -4.44. The van der Waals surface area contributed by atoms with E-state index >= 15 is 0 Å². The number of halogens is 3. The van der Waals surface area contributed by atoms with E-state index < -0.39 is 23.7 Å². The van der Waals surface area contributed by atoms with E-state index in [1.54, 1.807) is 20.8 Å². The van der Waals surface area contributed by atoms with Crippen LogP contribution in [0.4, 0.5) is 23.9 Å². The molecule has 30 heavy (non-hydrogen) atoms. The summed E-state index contributed by atoms with van der Waals surface area (Å²) in [7, 11) is 0. The first-order valence-corrected chi connectivity index (χ1v) is 10.0. The van der Waals surface area contributed by atoms with Crippen molar-refractivity contribution in [3.63, 3.8) is 0 Å². The summed E-state index contributed by atoms with van der Waals surface area (Å²) in [6.45, 7) is 5.20. The molecule has 0 aliphatic carbocycles. The Morgan fingerprint density at radius 3 is 2.13 bits per heavy atom. The molecule has 0 radical (unpaired) electrons. The first-order valence-electron chi connectivity index (χ1n) is 8.81. The molecule has 0 bridgehead atoms. The van der Waals surface area contributed by atoms with Gasteiger partial charge in [0.1, 0.15) is 9.88 Å². The van der Waals surface area contributed by atoms with Crippen LogP contribution in [0.15, 0.2) is 24.3 Å². The van der Waals surface area contributed by atoms with Crippen molar-refractivity contribution >= 4 is 51.3 Å². The van der Waals surface area contributed by atoms with Gasteiger partial charge in [0.25, 0.3) is 0 Å². The van der Waals surface area contributed by atoms with Gasteiger partial charge in [-0.3, -0.25) is 0 Å². The number of thiophene rings is 1. The predicted molar refractivity (Wildman–Crippen MR) is 112 cm³/mol. The first-order chi connectivity index (χ1) is 14.1. The lowest BCUT2D eigenvalue weighted by Gasteiger charge is -2.12. The van der Waals surface area contributed by atoms with Gasteiger partial charge >= 0.3 is 18.1 Å². The van der Waals surface area contributed by atoms with Crippen LogP contribution in [0.5, 0.6) is 0 Å². The summed E-state index contributed by atoms with van der Waals surface area (Å²) in [5.74, 6) is -1.22. The fourth-order valence-corrected chi connectivity index (χ4v) is 3.83. The van der Waals surface area contributed by atoms with Crippen molar-refractivity contribution in [3.8, 4) is 0 Å². The number of esters is 2. The Morgan fingerprint density at radius 2 is 1.60 bits per heavy atom. The Balaban J connectivity index is 2.25. The maximum Gasteiger partial charge on any atom is 0.416 e. The summed E-state index contributed by atoms with van der Waals surface area (Å²) in [6, 6.07) is 4.30. The fourth-order valence-electron chi connectivity index (χ4n) is 2.45. The molecule has 11 heteroatoms. The highest BCUT2D eigenvalue weighted by molar-refractivity contribution is 7.80. The molecular formula is C19H19F3N2O4S2. The Kier molecular flexibility index (Phi) is 7.79. The van der Waals surface area contributed by atoms with Gasteiger partial charge in [-0.1, -0.05) is 0 Å². The number of hydrogen-bond donors (Lipinski definition) is 2. The molecule has 0 spiro atoms. The minimum Gasteiger partial charge on any atom is -0.462 e. The molecule has 2 rings (SSSR count). The molecule has 6 nitrogen and oxygen atoms in total. The van der Waals surface area contributed by atoms with E-state index in [-0.39, 0.29) is 33.8 Å². The van der Waals surface area contributed by atoms with Crippen LogP contribution in [0.2, 0.25) is 0 Å². The minimum absolute atomic E-state index is 0.0250. The second kappa shape index (κ2) is 9.90. The molecule has 0 atom stereocenters. The number of carbonyl (C=O) groups excluding carboxylic acids is 2. The van der Waals surface area contributed by atoms with E-state index in [4.69, 9.17) is 21.7 Å². The highest BCUT2D eigenvalue weighted by atomic mass is 32.1. The van der Waals surface area contributed by atoms with E-state index in [1.165, 1.54) is 12.1 Å². The van der Waals surface area contributed by atoms with Crippen molar-refractivity contribution in [1.29, 1.82) is 0 Å². The molecule has 1 aromatic carbocycles. The smallest absolute Gasteiger partial charge is 0.416 e. The molecule has 2 aromatic rings. The normalized spacial score (nSPS) is 11.0. The summed E-state index contributed by atoms with van der Waals surface area (Å²) in [5, 5.41) is 5.84. The van der Waals surface area contributed by atoms with Gasteiger partial charge in [-0.25, -0.2) is 9.59 Å². The second-order valence-corrected chi connectivity index (χ2v) is 7.28. The largest absolute Gasteiger partial charge is 0.462 e. The van der Waals surface area contributed by atoms with Gasteiger partial charge < -0.3 is 20.1 Å². The third kappa shape index (κ3) is 5.70. The van der Waals surface area contributed by atoms with Gasteiger partial charge in [0, 0.05) is 5.69 Å². The van der Waals surface area contributed by atoms with Crippen molar-refractivity contribution in [2.45, 2.75) is 26.9 Å². The van der Waals surface area contributed by atoms with Crippen LogP contribution in [0, 0.1) is 6.92 Å². The topological polar surface area (TPSA) is 76.7 Å². The Labute approximate surface area is 180 Å². The van der Waals surface area contributed by atoms with Gasteiger partial charge in [0.15, 0.2) is 5.11 Å². The number of benzene rings is 1. The van der Waals surface area contributed by atoms with Crippen LogP contribution in [-0.4, -0.2) is 30.3 Å². The van der Waals surface area contributed by atoms with Crippen LogP contribution in [0.1, 0.15) is 45.0 Å². The summed E-state index contributed by atoms with van der Waals surface area (Å²) < 4.78 is 48.1. The molecule has 0 aliphatic heterocycles. The van der Waals surface area contributed by atoms with E-state index in [9.17, 15) is 22.8 Å². The fraction of sp³-hybridized carbons (Fsp3) is 0.316. The zero-order valence-corrected chi connectivity index (χ0v) is 17.9. The molecular weight excluding hydrogens is 441 g/mol. The summed E-state index contributed by atoms with van der Waals surface area (Å²) in [4.78, 5) is 24.8. The summed E-state index contributed by atoms with van der Waals surface area (Å²) >= 11 is 6.17. The number of rotatable bonds is 6. The molecule has 162 valence electrons. The average molecular weight is 460 g/mol. The standard InChI is InChI=1S/C19H19F3N2O4S2/c1-4-27-16(25)13-10(3)14(17(26)28-5-2)30-15(13)24-18(29)23-12-8-6-11(7-9-12)19(20,21)22/h6-9H,4-5H2,1-3H3,(H2,23,24,29). The number of nitrogens with one attached hydrogen (secondary N) is 2. The van der Waals surface area contributed by atoms with Crippen LogP contribution in [-0.2, 0) is 15.7 Å². The van der Waals surface area contributed by atoms with Crippen LogP contribution in [0.25, 0.3) is 0 Å². The van der Waals surface area contributed by atoms with Gasteiger partial charge in [-0.2, -0.15) is 13.2 Å². The number of hydrogen-bond acceptors (Lipinski definition) is 6. The Hall–Kier alpha value is -2.66. The number of thiocarbonyl (C=S) groups is 1. The molecule has 0 aliphatic rings. The van der Waals surface area contributed by atoms with Crippen molar-refractivity contribution in [2.75, 3.05) is 23.8 Å². The molecule has 0 amide bonds. The Morgan fingerprint density at radius 1 is 1.03 bits per heavy atom. The van der Waals surface area contributed by atoms with Crippen molar-refractivity contribution in [2.24, 2.45) is 0 Å². The molecule has 0 saturated heterocycles. The van der Waals surface area contributed by atoms with Crippen molar-refractivity contribution < 1.29 is 32.2 Å². The average Bonchev–Trinajstić information content (AvgIpc) is 2.97. The zero-order valence-electron chi connectivity index (χ0n) is 16.3. The maximum atomic E-state index is 12.7. The second-order valence-electron chi connectivity index (χ2n) is 5.86. The minimum atomic E-state index is -4.44. The van der Waals surface area contributed by atoms with Gasteiger partial charge in [-0.15, -0.1) is 11.3 Å². The summed E-state index contributed by atoms with van der Waals surface area (Å²) in [5.41, 5.74) is 0.0553.